The summed E-state index contributed by atoms with van der Waals surface area (Å²) in [6.45, 7) is 5.28. The van der Waals surface area contributed by atoms with E-state index >= 15 is 0 Å². The van der Waals surface area contributed by atoms with E-state index < -0.39 is 23.3 Å². The standard InChI is InChI=1S/C13H21NO5/c1-7-13(17,10(15)18-6)8-9-14(5)11(16)19-12(2,3)4/h1,17H,8-9H2,2-6H3. The van der Waals surface area contributed by atoms with Crippen molar-refractivity contribution in [3.8, 4) is 12.3 Å². The van der Waals surface area contributed by atoms with Gasteiger partial charge in [0.2, 0.25) is 5.60 Å². The SMILES string of the molecule is C#CC(O)(CCN(C)C(=O)OC(C)(C)C)C(=O)OC. The van der Waals surface area contributed by atoms with Crippen molar-refractivity contribution in [3.63, 3.8) is 0 Å². The molecule has 0 aromatic carbocycles. The molecule has 1 N–H and O–H groups in total. The first-order valence-corrected chi connectivity index (χ1v) is 5.78. The first kappa shape index (κ1) is 17.3. The number of carbonyl (C=O) groups is 2. The Hall–Kier alpha value is -1.74. The quantitative estimate of drug-likeness (QED) is 0.604. The van der Waals surface area contributed by atoms with Gasteiger partial charge >= 0.3 is 12.1 Å². The Morgan fingerprint density at radius 2 is 1.89 bits per heavy atom. The lowest BCUT2D eigenvalue weighted by Gasteiger charge is -2.26. The average Bonchev–Trinajstić information content (AvgIpc) is 2.32. The van der Waals surface area contributed by atoms with Crippen LogP contribution in [0, 0.1) is 12.3 Å². The van der Waals surface area contributed by atoms with Crippen molar-refractivity contribution < 1.29 is 24.2 Å². The maximum Gasteiger partial charge on any atom is 0.410 e. The fourth-order valence-electron chi connectivity index (χ4n) is 1.16. The molecular formula is C13H21NO5. The van der Waals surface area contributed by atoms with E-state index in [0.717, 1.165) is 7.11 Å². The predicted octanol–water partition coefficient (Wildman–Crippen LogP) is 0.781. The van der Waals surface area contributed by atoms with Gasteiger partial charge in [-0.2, -0.15) is 0 Å². The molecule has 108 valence electrons. The zero-order valence-corrected chi connectivity index (χ0v) is 12.0. The molecule has 1 unspecified atom stereocenters. The number of aliphatic hydroxyl groups is 1. The Kier molecular flexibility index (Phi) is 5.84. The molecule has 0 bridgehead atoms. The summed E-state index contributed by atoms with van der Waals surface area (Å²) in [6.07, 6.45) is 4.42. The minimum absolute atomic E-state index is 0.0602. The largest absolute Gasteiger partial charge is 0.466 e. The molecule has 6 nitrogen and oxygen atoms in total. The summed E-state index contributed by atoms with van der Waals surface area (Å²) in [7, 11) is 2.62. The summed E-state index contributed by atoms with van der Waals surface area (Å²) in [5, 5.41) is 9.86. The van der Waals surface area contributed by atoms with Crippen LogP contribution in [-0.2, 0) is 14.3 Å². The van der Waals surface area contributed by atoms with Gasteiger partial charge < -0.3 is 19.5 Å². The van der Waals surface area contributed by atoms with E-state index in [1.807, 2.05) is 5.92 Å². The molecule has 0 saturated heterocycles. The summed E-state index contributed by atoms with van der Waals surface area (Å²) >= 11 is 0. The van der Waals surface area contributed by atoms with Gasteiger partial charge in [0.25, 0.3) is 0 Å². The number of hydrogen-bond acceptors (Lipinski definition) is 5. The first-order chi connectivity index (χ1) is 8.55. The van der Waals surface area contributed by atoms with Crippen LogP contribution in [0.3, 0.4) is 0 Å². The highest BCUT2D eigenvalue weighted by atomic mass is 16.6. The maximum absolute atomic E-state index is 11.7. The third kappa shape index (κ3) is 5.62. The van der Waals surface area contributed by atoms with E-state index in [1.54, 1.807) is 20.8 Å². The molecule has 0 saturated carbocycles. The van der Waals surface area contributed by atoms with Crippen LogP contribution in [0.15, 0.2) is 0 Å². The lowest BCUT2D eigenvalue weighted by molar-refractivity contribution is -0.157. The van der Waals surface area contributed by atoms with Gasteiger partial charge in [-0.1, -0.05) is 5.92 Å². The third-order valence-electron chi connectivity index (χ3n) is 2.28. The number of ether oxygens (including phenoxy) is 2. The molecule has 0 spiro atoms. The van der Waals surface area contributed by atoms with Crippen molar-refractivity contribution in [1.82, 2.24) is 4.90 Å². The molecular weight excluding hydrogens is 250 g/mol. The number of rotatable bonds is 4. The number of carbonyl (C=O) groups excluding carboxylic acids is 2. The summed E-state index contributed by atoms with van der Waals surface area (Å²) in [4.78, 5) is 24.2. The molecule has 0 rings (SSSR count). The van der Waals surface area contributed by atoms with Crippen LogP contribution in [0.1, 0.15) is 27.2 Å². The van der Waals surface area contributed by atoms with Crippen LogP contribution in [0.25, 0.3) is 0 Å². The molecule has 0 radical (unpaired) electrons. The fourth-order valence-corrected chi connectivity index (χ4v) is 1.16. The van der Waals surface area contributed by atoms with Gasteiger partial charge in [-0.3, -0.25) is 0 Å². The van der Waals surface area contributed by atoms with Crippen LogP contribution in [0.5, 0.6) is 0 Å². The van der Waals surface area contributed by atoms with Gasteiger partial charge in [0.05, 0.1) is 7.11 Å². The number of nitrogens with zero attached hydrogens (tertiary/aromatic N) is 1. The van der Waals surface area contributed by atoms with Gasteiger partial charge in [0.1, 0.15) is 5.60 Å². The van der Waals surface area contributed by atoms with Gasteiger partial charge in [-0.25, -0.2) is 9.59 Å². The lowest BCUT2D eigenvalue weighted by Crippen LogP contribution is -2.43. The van der Waals surface area contributed by atoms with Crippen LogP contribution in [-0.4, -0.2) is 54.0 Å². The van der Waals surface area contributed by atoms with E-state index in [4.69, 9.17) is 11.2 Å². The molecule has 0 aliphatic carbocycles. The summed E-state index contributed by atoms with van der Waals surface area (Å²) in [5.74, 6) is 1.05. The topological polar surface area (TPSA) is 76.1 Å². The smallest absolute Gasteiger partial charge is 0.410 e. The highest BCUT2D eigenvalue weighted by Crippen LogP contribution is 2.14. The van der Waals surface area contributed by atoms with E-state index in [-0.39, 0.29) is 13.0 Å². The zero-order chi connectivity index (χ0) is 15.3. The van der Waals surface area contributed by atoms with Gasteiger partial charge in [-0.15, -0.1) is 6.42 Å². The second-order valence-electron chi connectivity index (χ2n) is 5.15. The fraction of sp³-hybridized carbons (Fsp3) is 0.692. The molecule has 6 heteroatoms. The van der Waals surface area contributed by atoms with Crippen LogP contribution < -0.4 is 0 Å². The molecule has 1 atom stereocenters. The van der Waals surface area contributed by atoms with E-state index in [9.17, 15) is 14.7 Å². The minimum Gasteiger partial charge on any atom is -0.466 e. The molecule has 19 heavy (non-hydrogen) atoms. The Bertz CT molecular complexity index is 379. The maximum atomic E-state index is 11.7. The van der Waals surface area contributed by atoms with Crippen LogP contribution in [0.2, 0.25) is 0 Å². The monoisotopic (exact) mass is 271 g/mol. The van der Waals surface area contributed by atoms with Gasteiger partial charge in [0.15, 0.2) is 0 Å². The highest BCUT2D eigenvalue weighted by molar-refractivity contribution is 5.83. The number of amides is 1. The second-order valence-corrected chi connectivity index (χ2v) is 5.15. The van der Waals surface area contributed by atoms with Crippen molar-refractivity contribution in [1.29, 1.82) is 0 Å². The first-order valence-electron chi connectivity index (χ1n) is 5.78. The minimum atomic E-state index is -2.04. The molecule has 1 amide bonds. The van der Waals surface area contributed by atoms with Crippen molar-refractivity contribution in [2.24, 2.45) is 0 Å². The Labute approximate surface area is 113 Å². The summed E-state index contributed by atoms with van der Waals surface area (Å²) in [5.41, 5.74) is -2.65. The van der Waals surface area contributed by atoms with E-state index in [0.29, 0.717) is 0 Å². The molecule has 0 aromatic heterocycles. The molecule has 0 fully saturated rings. The zero-order valence-electron chi connectivity index (χ0n) is 12.0. The number of methoxy groups -OCH3 is 1. The summed E-state index contributed by atoms with van der Waals surface area (Å²) in [6, 6.07) is 0. The lowest BCUT2D eigenvalue weighted by atomic mass is 10.0. The Morgan fingerprint density at radius 1 is 1.37 bits per heavy atom. The van der Waals surface area contributed by atoms with Crippen molar-refractivity contribution in [2.75, 3.05) is 20.7 Å². The molecule has 0 aliphatic rings. The van der Waals surface area contributed by atoms with Gasteiger partial charge in [0, 0.05) is 20.0 Å². The number of esters is 1. The number of terminal acetylenes is 1. The van der Waals surface area contributed by atoms with E-state index in [1.165, 1.54) is 11.9 Å². The highest BCUT2D eigenvalue weighted by Gasteiger charge is 2.35. The molecule has 0 aromatic rings. The van der Waals surface area contributed by atoms with Crippen LogP contribution >= 0.6 is 0 Å². The Balaban J connectivity index is 4.52. The van der Waals surface area contributed by atoms with E-state index in [2.05, 4.69) is 4.74 Å². The average molecular weight is 271 g/mol. The molecule has 0 heterocycles. The second kappa shape index (κ2) is 6.43. The van der Waals surface area contributed by atoms with Crippen molar-refractivity contribution >= 4 is 12.1 Å². The predicted molar refractivity (Wildman–Crippen MR) is 69.3 cm³/mol. The molecule has 0 aliphatic heterocycles. The number of hydrogen-bond donors (Lipinski definition) is 1. The van der Waals surface area contributed by atoms with Crippen molar-refractivity contribution in [2.45, 2.75) is 38.4 Å². The van der Waals surface area contributed by atoms with Gasteiger partial charge in [-0.05, 0) is 20.8 Å². The van der Waals surface area contributed by atoms with Crippen LogP contribution in [0.4, 0.5) is 4.79 Å². The third-order valence-corrected chi connectivity index (χ3v) is 2.28. The Morgan fingerprint density at radius 3 is 2.26 bits per heavy atom. The van der Waals surface area contributed by atoms with Crippen molar-refractivity contribution in [3.05, 3.63) is 0 Å². The summed E-state index contributed by atoms with van der Waals surface area (Å²) < 4.78 is 9.54. The normalized spacial score (nSPS) is 13.9.